The van der Waals surface area contributed by atoms with E-state index in [9.17, 15) is 4.79 Å². The predicted octanol–water partition coefficient (Wildman–Crippen LogP) is 4.61. The highest BCUT2D eigenvalue weighted by atomic mass is 35.5. The molecule has 0 saturated carbocycles. The van der Waals surface area contributed by atoms with Crippen molar-refractivity contribution in [1.82, 2.24) is 14.9 Å². The topological polar surface area (TPSA) is 58.2 Å². The average molecular weight is 396 g/mol. The second-order valence-corrected chi connectivity index (χ2v) is 7.44. The fraction of sp³-hybridized carbons (Fsp3) is 0.273. The quantitative estimate of drug-likeness (QED) is 0.701. The lowest BCUT2D eigenvalue weighted by Crippen LogP contribution is -2.42. The van der Waals surface area contributed by atoms with E-state index in [1.807, 2.05) is 30.2 Å². The first kappa shape index (κ1) is 18.6. The monoisotopic (exact) mass is 395 g/mol. The number of pyridine rings is 1. The van der Waals surface area contributed by atoms with Crippen LogP contribution in [-0.2, 0) is 4.79 Å². The molecule has 0 spiro atoms. The third-order valence-corrected chi connectivity index (χ3v) is 5.53. The van der Waals surface area contributed by atoms with Gasteiger partial charge < -0.3 is 14.6 Å². The van der Waals surface area contributed by atoms with Crippen molar-refractivity contribution in [2.45, 2.75) is 26.4 Å². The van der Waals surface area contributed by atoms with E-state index in [1.165, 1.54) is 5.57 Å². The Morgan fingerprint density at radius 2 is 2.21 bits per heavy atom. The normalized spacial score (nSPS) is 15.4. The number of aromatic amines is 1. The van der Waals surface area contributed by atoms with E-state index in [0.29, 0.717) is 23.9 Å². The molecule has 4 rings (SSSR count). The van der Waals surface area contributed by atoms with Gasteiger partial charge in [-0.05, 0) is 61.7 Å². The molecule has 5 nitrogen and oxygen atoms in total. The van der Waals surface area contributed by atoms with Crippen LogP contribution >= 0.6 is 11.6 Å². The van der Waals surface area contributed by atoms with Crippen LogP contribution in [0.3, 0.4) is 0 Å². The summed E-state index contributed by atoms with van der Waals surface area (Å²) in [6.45, 7) is 4.95. The van der Waals surface area contributed by atoms with Crippen LogP contribution in [0.2, 0.25) is 5.02 Å². The Labute approximate surface area is 169 Å². The van der Waals surface area contributed by atoms with Crippen molar-refractivity contribution in [1.29, 1.82) is 0 Å². The molecule has 1 aliphatic rings. The van der Waals surface area contributed by atoms with E-state index in [0.717, 1.165) is 28.6 Å². The third kappa shape index (κ3) is 3.62. The molecule has 1 amide bonds. The molecule has 1 atom stereocenters. The van der Waals surface area contributed by atoms with Crippen LogP contribution in [0.1, 0.15) is 24.5 Å². The Morgan fingerprint density at radius 1 is 1.36 bits per heavy atom. The number of aromatic nitrogens is 2. The van der Waals surface area contributed by atoms with Crippen LogP contribution in [-0.4, -0.2) is 40.0 Å². The molecule has 1 aromatic carbocycles. The lowest BCUT2D eigenvalue weighted by molar-refractivity contribution is -0.137. The number of nitrogens with zero attached hydrogens (tertiary/aromatic N) is 2. The molecule has 1 aliphatic heterocycles. The zero-order valence-electron chi connectivity index (χ0n) is 15.9. The second kappa shape index (κ2) is 7.68. The van der Waals surface area contributed by atoms with Gasteiger partial charge in [0.05, 0.1) is 0 Å². The fourth-order valence-electron chi connectivity index (χ4n) is 3.54. The molecule has 3 aromatic rings. The minimum absolute atomic E-state index is 0.0107. The standard InChI is InChI=1S/C22H22ClN3O2/c1-14-12-17(5-6-20(14)23)28-15(2)22(27)26-10-7-16(8-11-26)19-13-25-21-18(19)4-3-9-24-21/h3-7,9,12-13,15H,8,10-11H2,1-2H3,(H,24,25). The molecular weight excluding hydrogens is 374 g/mol. The van der Waals surface area contributed by atoms with Crippen molar-refractivity contribution in [2.24, 2.45) is 0 Å². The van der Waals surface area contributed by atoms with Gasteiger partial charge in [0.25, 0.3) is 5.91 Å². The molecule has 0 fully saturated rings. The summed E-state index contributed by atoms with van der Waals surface area (Å²) in [6, 6.07) is 9.44. The average Bonchev–Trinajstić information content (AvgIpc) is 3.14. The van der Waals surface area contributed by atoms with Gasteiger partial charge in [0.2, 0.25) is 0 Å². The summed E-state index contributed by atoms with van der Waals surface area (Å²) in [5.74, 6) is 0.644. The van der Waals surface area contributed by atoms with E-state index >= 15 is 0 Å². The summed E-state index contributed by atoms with van der Waals surface area (Å²) in [5, 5.41) is 1.80. The van der Waals surface area contributed by atoms with Gasteiger partial charge in [-0.15, -0.1) is 0 Å². The van der Waals surface area contributed by atoms with Crippen LogP contribution in [0.5, 0.6) is 5.75 Å². The Morgan fingerprint density at radius 3 is 2.96 bits per heavy atom. The second-order valence-electron chi connectivity index (χ2n) is 7.04. The number of benzene rings is 1. The number of halogens is 1. The van der Waals surface area contributed by atoms with E-state index in [2.05, 4.69) is 22.1 Å². The minimum atomic E-state index is -0.548. The first-order valence-corrected chi connectivity index (χ1v) is 9.74. The van der Waals surface area contributed by atoms with E-state index in [1.54, 1.807) is 25.3 Å². The summed E-state index contributed by atoms with van der Waals surface area (Å²) in [5.41, 5.74) is 4.22. The molecule has 2 aromatic heterocycles. The largest absolute Gasteiger partial charge is 0.481 e. The van der Waals surface area contributed by atoms with Crippen molar-refractivity contribution in [3.63, 3.8) is 0 Å². The number of aryl methyl sites for hydroxylation is 1. The summed E-state index contributed by atoms with van der Waals surface area (Å²) < 4.78 is 5.84. The fourth-order valence-corrected chi connectivity index (χ4v) is 3.66. The molecule has 0 radical (unpaired) electrons. The molecular formula is C22H22ClN3O2. The van der Waals surface area contributed by atoms with Gasteiger partial charge >= 0.3 is 0 Å². The minimum Gasteiger partial charge on any atom is -0.481 e. The molecule has 1 unspecified atom stereocenters. The summed E-state index contributed by atoms with van der Waals surface area (Å²) >= 11 is 6.05. The molecule has 144 valence electrons. The van der Waals surface area contributed by atoms with Gasteiger partial charge in [-0.1, -0.05) is 17.7 Å². The summed E-state index contributed by atoms with van der Waals surface area (Å²) in [6.07, 6.45) is 6.15. The van der Waals surface area contributed by atoms with Gasteiger partial charge in [-0.2, -0.15) is 0 Å². The number of hydrogen-bond acceptors (Lipinski definition) is 3. The maximum Gasteiger partial charge on any atom is 0.263 e. The molecule has 0 saturated heterocycles. The number of carbonyl (C=O) groups is 1. The summed E-state index contributed by atoms with van der Waals surface area (Å²) in [4.78, 5) is 22.2. The molecule has 1 N–H and O–H groups in total. The van der Waals surface area contributed by atoms with Gasteiger partial charge in [-0.3, -0.25) is 4.79 Å². The molecule has 0 bridgehead atoms. The SMILES string of the molecule is Cc1cc(OC(C)C(=O)N2CC=C(c3c[nH]c4ncccc34)CC2)ccc1Cl. The number of H-pyrrole nitrogens is 1. The Bertz CT molecular complexity index is 1060. The van der Waals surface area contributed by atoms with Crippen molar-refractivity contribution in [3.05, 3.63) is 65.0 Å². The van der Waals surface area contributed by atoms with Crippen molar-refractivity contribution in [3.8, 4) is 5.75 Å². The lowest BCUT2D eigenvalue weighted by Gasteiger charge is -2.29. The van der Waals surface area contributed by atoms with Gasteiger partial charge in [0.1, 0.15) is 11.4 Å². The zero-order chi connectivity index (χ0) is 19.7. The van der Waals surface area contributed by atoms with Crippen LogP contribution in [0.4, 0.5) is 0 Å². The number of rotatable bonds is 4. The number of fused-ring (bicyclic) bond motifs is 1. The molecule has 6 heteroatoms. The molecule has 3 heterocycles. The Hall–Kier alpha value is -2.79. The molecule has 0 aliphatic carbocycles. The Balaban J connectivity index is 1.43. The zero-order valence-corrected chi connectivity index (χ0v) is 16.7. The van der Waals surface area contributed by atoms with Gasteiger partial charge in [-0.25, -0.2) is 4.98 Å². The van der Waals surface area contributed by atoms with Crippen LogP contribution in [0.25, 0.3) is 16.6 Å². The van der Waals surface area contributed by atoms with Crippen LogP contribution < -0.4 is 4.74 Å². The van der Waals surface area contributed by atoms with E-state index in [4.69, 9.17) is 16.3 Å². The lowest BCUT2D eigenvalue weighted by atomic mass is 9.99. The van der Waals surface area contributed by atoms with Gasteiger partial charge in [0.15, 0.2) is 6.10 Å². The molecule has 28 heavy (non-hydrogen) atoms. The maximum atomic E-state index is 12.8. The van der Waals surface area contributed by atoms with Crippen molar-refractivity contribution in [2.75, 3.05) is 13.1 Å². The number of ether oxygens (including phenoxy) is 1. The highest BCUT2D eigenvalue weighted by Crippen LogP contribution is 2.29. The van der Waals surface area contributed by atoms with Crippen LogP contribution in [0, 0.1) is 6.92 Å². The third-order valence-electron chi connectivity index (χ3n) is 5.11. The number of amides is 1. The predicted molar refractivity (Wildman–Crippen MR) is 112 cm³/mol. The first-order valence-electron chi connectivity index (χ1n) is 9.36. The number of carbonyl (C=O) groups excluding carboxylic acids is 1. The smallest absolute Gasteiger partial charge is 0.263 e. The van der Waals surface area contributed by atoms with Crippen molar-refractivity contribution < 1.29 is 9.53 Å². The highest BCUT2D eigenvalue weighted by molar-refractivity contribution is 6.31. The highest BCUT2D eigenvalue weighted by Gasteiger charge is 2.25. The van der Waals surface area contributed by atoms with Crippen LogP contribution in [0.15, 0.2) is 48.8 Å². The number of hydrogen-bond donors (Lipinski definition) is 1. The Kier molecular flexibility index (Phi) is 5.09. The van der Waals surface area contributed by atoms with E-state index in [-0.39, 0.29) is 5.91 Å². The first-order chi connectivity index (χ1) is 13.5. The van der Waals surface area contributed by atoms with Crippen molar-refractivity contribution >= 4 is 34.1 Å². The summed E-state index contributed by atoms with van der Waals surface area (Å²) in [7, 11) is 0. The van der Waals surface area contributed by atoms with E-state index < -0.39 is 6.10 Å². The van der Waals surface area contributed by atoms with Gasteiger partial charge in [0, 0.05) is 41.5 Å². The maximum absolute atomic E-state index is 12.8. The number of nitrogens with one attached hydrogen (secondary N) is 1.